The summed E-state index contributed by atoms with van der Waals surface area (Å²) in [7, 11) is 0. The van der Waals surface area contributed by atoms with Gasteiger partial charge < -0.3 is 34.3 Å². The van der Waals surface area contributed by atoms with Crippen molar-refractivity contribution in [2.45, 2.75) is 307 Å². The average molecular weight is 1580 g/mol. The Morgan fingerprint density at radius 2 is 0.581 bits per heavy atom. The maximum absolute atomic E-state index is 13.1. The van der Waals surface area contributed by atoms with Crippen molar-refractivity contribution in [3.05, 3.63) is 210 Å². The van der Waals surface area contributed by atoms with Crippen molar-refractivity contribution in [3.8, 4) is 73.3 Å². The molecule has 0 aliphatic carbocycles. The summed E-state index contributed by atoms with van der Waals surface area (Å²) in [6.45, 7) is 21.8. The fourth-order valence-corrected chi connectivity index (χ4v) is 16.1. The van der Waals surface area contributed by atoms with E-state index in [1.165, 1.54) is 165 Å². The molecule has 2 N–H and O–H groups in total. The molecule has 9 heteroatoms. The van der Waals surface area contributed by atoms with Crippen molar-refractivity contribution in [2.75, 3.05) is 30.5 Å². The number of benzene rings is 9. The Bertz CT molecular complexity index is 4140. The summed E-state index contributed by atoms with van der Waals surface area (Å²) >= 11 is 0. The topological polar surface area (TPSA) is 104 Å². The lowest BCUT2D eigenvalue weighted by atomic mass is 9.92. The van der Waals surface area contributed by atoms with Gasteiger partial charge >= 0.3 is 0 Å². The third-order valence-corrected chi connectivity index (χ3v) is 23.0. The summed E-state index contributed by atoms with van der Waals surface area (Å²) in [5, 5.41) is 10.9. The monoisotopic (exact) mass is 1580 g/mol. The van der Waals surface area contributed by atoms with Crippen LogP contribution >= 0.6 is 0 Å². The minimum atomic E-state index is 0.0507. The second-order valence-corrected chi connectivity index (χ2v) is 33.9. The molecule has 0 bridgehead atoms. The zero-order chi connectivity index (χ0) is 82.4. The number of nitrogens with one attached hydrogen (secondary N) is 2. The number of ether oxygens (including phenoxy) is 5. The number of allylic oxidation sites excluding steroid dienone is 4. The van der Waals surface area contributed by atoms with Crippen LogP contribution in [0.2, 0.25) is 0 Å². The molecule has 9 rings (SSSR count). The number of amides is 2. The van der Waals surface area contributed by atoms with Gasteiger partial charge in [-0.3, -0.25) is 9.59 Å². The van der Waals surface area contributed by atoms with E-state index >= 15 is 0 Å². The highest BCUT2D eigenvalue weighted by atomic mass is 16.5. The predicted molar refractivity (Wildman–Crippen MR) is 499 cm³/mol. The van der Waals surface area contributed by atoms with Gasteiger partial charge in [0, 0.05) is 35.3 Å². The van der Waals surface area contributed by atoms with Crippen LogP contribution in [0, 0.1) is 11.8 Å². The lowest BCUT2D eigenvalue weighted by molar-refractivity contribution is -0.117. The van der Waals surface area contributed by atoms with Crippen LogP contribution in [0.1, 0.15) is 305 Å². The average Bonchev–Trinajstić information content (AvgIpc) is 0.782. The van der Waals surface area contributed by atoms with Crippen molar-refractivity contribution in [3.63, 3.8) is 0 Å². The van der Waals surface area contributed by atoms with Crippen LogP contribution in [0.25, 0.3) is 66.1 Å². The summed E-state index contributed by atoms with van der Waals surface area (Å²) < 4.78 is 35.4. The molecule has 0 aliphatic heterocycles. The van der Waals surface area contributed by atoms with Crippen molar-refractivity contribution >= 4 is 44.7 Å². The van der Waals surface area contributed by atoms with Crippen molar-refractivity contribution < 1.29 is 33.3 Å². The molecule has 0 saturated carbocycles. The van der Waals surface area contributed by atoms with Crippen molar-refractivity contribution in [1.82, 2.24) is 0 Å². The number of hydrogen-bond donors (Lipinski definition) is 2. The molecule has 0 saturated heterocycles. The van der Waals surface area contributed by atoms with Crippen LogP contribution in [0.5, 0.6) is 28.7 Å². The fraction of sp³-hybridized carbons (Fsp3) is 0.481. The molecule has 0 fully saturated rings. The number of hydrogen-bond acceptors (Lipinski definition) is 7. The highest BCUT2D eigenvalue weighted by Gasteiger charge is 2.25. The first-order chi connectivity index (χ1) is 57.3. The summed E-state index contributed by atoms with van der Waals surface area (Å²) in [6.07, 6.45) is 46.6. The molecule has 117 heavy (non-hydrogen) atoms. The van der Waals surface area contributed by atoms with Crippen LogP contribution in [0.4, 0.5) is 11.4 Å². The van der Waals surface area contributed by atoms with Gasteiger partial charge in [-0.25, -0.2) is 0 Å². The van der Waals surface area contributed by atoms with Gasteiger partial charge in [0.15, 0.2) is 11.5 Å². The normalized spacial score (nSPS) is 11.8. The first-order valence-corrected chi connectivity index (χ1v) is 45.9. The maximum atomic E-state index is 13.1. The lowest BCUT2D eigenvalue weighted by Crippen LogP contribution is -2.15. The molecule has 9 aromatic carbocycles. The first-order valence-electron chi connectivity index (χ1n) is 45.9. The van der Waals surface area contributed by atoms with Crippen molar-refractivity contribution in [2.24, 2.45) is 11.8 Å². The maximum Gasteiger partial charge on any atom is 0.224 e. The molecule has 2 atom stereocenters. The van der Waals surface area contributed by atoms with Gasteiger partial charge in [0.25, 0.3) is 0 Å². The van der Waals surface area contributed by atoms with E-state index in [2.05, 4.69) is 237 Å². The molecule has 2 unspecified atom stereocenters. The number of carbonyl (C=O) groups excluding carboxylic acids is 2. The Morgan fingerprint density at radius 3 is 0.863 bits per heavy atom. The molecule has 0 spiro atoms. The van der Waals surface area contributed by atoms with Gasteiger partial charge in [-0.15, -0.1) is 0 Å². The van der Waals surface area contributed by atoms with E-state index in [4.69, 9.17) is 23.7 Å². The number of anilines is 2. The Hall–Kier alpha value is -9.08. The fourth-order valence-electron chi connectivity index (χ4n) is 16.1. The molecule has 2 amide bonds. The van der Waals surface area contributed by atoms with Crippen LogP contribution in [0.15, 0.2) is 199 Å². The lowest BCUT2D eigenvalue weighted by Gasteiger charge is -2.23. The van der Waals surface area contributed by atoms with Gasteiger partial charge in [0.2, 0.25) is 17.6 Å². The number of unbranched alkanes of at least 4 members (excludes halogenated alkanes) is 27. The molecule has 0 aliphatic rings. The van der Waals surface area contributed by atoms with Crippen LogP contribution in [0.3, 0.4) is 0 Å². The Labute approximate surface area is 706 Å². The third kappa shape index (κ3) is 32.0. The van der Waals surface area contributed by atoms with E-state index in [-0.39, 0.29) is 25.0 Å². The second-order valence-electron chi connectivity index (χ2n) is 33.9. The van der Waals surface area contributed by atoms with E-state index in [1.54, 1.807) is 0 Å². The Morgan fingerprint density at radius 1 is 0.316 bits per heavy atom. The van der Waals surface area contributed by atoms with Gasteiger partial charge in [0.1, 0.15) is 24.7 Å². The second kappa shape index (κ2) is 52.7. The SMILES string of the molecule is CCCCCCCCCCCCOc1c(COc2ccc(-c3ccc(-c4ccc(NC(=O)CC(C)CCC=C(C)C)cc4)c4ccccc34)cc2)cc(COc2ccc(-c3ccc(-c4ccc(NC(=O)CC(C)CCC=C(C)C)cc4)c4ccccc34)cc2)c(OCCCCCCCCCCCC)c1OCCCCCCCCCCCC. The summed E-state index contributed by atoms with van der Waals surface area (Å²) in [5.41, 5.74) is 15.0. The van der Waals surface area contributed by atoms with E-state index in [0.29, 0.717) is 61.7 Å². The van der Waals surface area contributed by atoms with Gasteiger partial charge in [-0.1, -0.05) is 353 Å². The van der Waals surface area contributed by atoms with Gasteiger partial charge in [-0.05, 0) is 205 Å². The molecule has 9 nitrogen and oxygen atoms in total. The quantitative estimate of drug-likeness (QED) is 0.0289. The zero-order valence-corrected chi connectivity index (χ0v) is 73.4. The van der Waals surface area contributed by atoms with Crippen LogP contribution < -0.4 is 34.3 Å². The number of rotatable bonds is 58. The smallest absolute Gasteiger partial charge is 0.224 e. The van der Waals surface area contributed by atoms with Gasteiger partial charge in [0.05, 0.1) is 19.8 Å². The Kier molecular flexibility index (Phi) is 41.3. The molecule has 0 radical (unpaired) electrons. The van der Waals surface area contributed by atoms with E-state index in [0.717, 1.165) is 164 Å². The third-order valence-electron chi connectivity index (χ3n) is 23.0. The van der Waals surface area contributed by atoms with Gasteiger partial charge in [-0.2, -0.15) is 0 Å². The largest absolute Gasteiger partial charge is 0.489 e. The predicted octanol–water partition coefficient (Wildman–Crippen LogP) is 32.1. The number of fused-ring (bicyclic) bond motifs is 2. The minimum Gasteiger partial charge on any atom is -0.489 e. The highest BCUT2D eigenvalue weighted by Crippen LogP contribution is 2.46. The molecule has 0 aromatic heterocycles. The van der Waals surface area contributed by atoms with Crippen molar-refractivity contribution in [1.29, 1.82) is 0 Å². The van der Waals surface area contributed by atoms with E-state index < -0.39 is 0 Å². The number of carbonyl (C=O) groups is 2. The summed E-state index contributed by atoms with van der Waals surface area (Å²) in [4.78, 5) is 26.2. The minimum absolute atomic E-state index is 0.0507. The highest BCUT2D eigenvalue weighted by molar-refractivity contribution is 6.06. The molecule has 9 aromatic rings. The zero-order valence-electron chi connectivity index (χ0n) is 73.4. The Balaban J connectivity index is 0.985. The molecule has 628 valence electrons. The summed E-state index contributed by atoms with van der Waals surface area (Å²) in [6, 6.07) is 62.0. The molecular formula is C108H144N2O7. The molecular weight excluding hydrogens is 1440 g/mol. The van der Waals surface area contributed by atoms with E-state index in [1.807, 2.05) is 24.3 Å². The summed E-state index contributed by atoms with van der Waals surface area (Å²) in [5.74, 6) is 4.28. The standard InChI is InChI=1S/C108H144N2O7/c1-10-13-16-19-22-25-28-31-34-41-74-113-106-90(80-116-94-66-58-88(59-67-94)98-72-70-96(100-50-37-39-52-102(98)100)86-54-62-92(63-55-86)109-104(111)77-84(8)48-44-46-82(4)5)79-91(107(114-75-42-35-32-29-26-23-20-17-14-11-2)108(106)115-76-43-36-33-30-27-24-21-18-15-12-3)81-117-95-68-60-89(61-69-95)99-73-71-97(101-51-38-40-53-103(99)101)87-56-64-93(65-57-87)110-105(112)78-85(9)49-45-47-83(6)7/h37-40,46-47,50-73,79,84-85H,10-36,41-45,48-49,74-78,80-81H2,1-9H3,(H,109,111)(H,110,112). The van der Waals surface area contributed by atoms with Crippen LogP contribution in [-0.4, -0.2) is 31.6 Å². The van der Waals surface area contributed by atoms with Crippen LogP contribution in [-0.2, 0) is 22.8 Å². The molecule has 0 heterocycles. The first kappa shape index (κ1) is 91.8. The van der Waals surface area contributed by atoms with E-state index in [9.17, 15) is 9.59 Å².